The summed E-state index contributed by atoms with van der Waals surface area (Å²) in [5.74, 6) is -2.21. The van der Waals surface area contributed by atoms with E-state index in [1.807, 2.05) is 13.8 Å². The fourth-order valence-corrected chi connectivity index (χ4v) is 4.99. The van der Waals surface area contributed by atoms with Crippen LogP contribution in [-0.2, 0) is 30.1 Å². The van der Waals surface area contributed by atoms with Gasteiger partial charge in [-0.15, -0.1) is 16.2 Å². The van der Waals surface area contributed by atoms with Gasteiger partial charge in [-0.25, -0.2) is 14.3 Å². The lowest BCUT2D eigenvalue weighted by Gasteiger charge is -2.30. The van der Waals surface area contributed by atoms with E-state index in [0.29, 0.717) is 17.0 Å². The zero-order chi connectivity index (χ0) is 28.6. The summed E-state index contributed by atoms with van der Waals surface area (Å²) in [6, 6.07) is 4.43. The molecule has 2 rings (SSSR count). The molecule has 1 unspecified atom stereocenters. The van der Waals surface area contributed by atoms with E-state index < -0.39 is 38.2 Å². The second-order valence-electron chi connectivity index (χ2n) is 8.93. The van der Waals surface area contributed by atoms with Gasteiger partial charge >= 0.3 is 20.2 Å². The van der Waals surface area contributed by atoms with E-state index in [2.05, 4.69) is 4.98 Å². The molecule has 1 aromatic carbocycles. The quantitative estimate of drug-likeness (QED) is 0.197. The van der Waals surface area contributed by atoms with Crippen molar-refractivity contribution in [2.45, 2.75) is 51.8 Å². The molecule has 38 heavy (non-hydrogen) atoms. The summed E-state index contributed by atoms with van der Waals surface area (Å²) in [6.45, 7) is 5.12. The van der Waals surface area contributed by atoms with Gasteiger partial charge in [0.25, 0.3) is 5.91 Å². The van der Waals surface area contributed by atoms with Crippen molar-refractivity contribution in [1.82, 2.24) is 14.8 Å². The standard InChI is InChI=1S/C24H30N3O9PS/c1-14(2)19(26(4)13-28)11-21(35-15(3)29)22-25-18(12-38-22)23(30)27(5)20(24(31)32)10-16-6-8-17(9-7-16)36-37(33)34/h6-9,12-14,19-21H,10-11H2,1-5H3,(H-,31,32,33,34)/p+1/t19-,20+,21-/m1/s1. The molecule has 4 atom stereocenters. The number of ether oxygens (including phenoxy) is 1. The fourth-order valence-electron chi connectivity index (χ4n) is 3.85. The van der Waals surface area contributed by atoms with Gasteiger partial charge in [0.2, 0.25) is 6.41 Å². The molecule has 0 aliphatic carbocycles. The number of hydrogen-bond acceptors (Lipinski definition) is 9. The van der Waals surface area contributed by atoms with E-state index in [0.717, 1.165) is 16.2 Å². The van der Waals surface area contributed by atoms with E-state index >= 15 is 0 Å². The minimum atomic E-state index is -2.83. The molecule has 0 spiro atoms. The van der Waals surface area contributed by atoms with Gasteiger partial charge in [-0.1, -0.05) is 26.0 Å². The topological polar surface area (TPSA) is 164 Å². The lowest BCUT2D eigenvalue weighted by Crippen LogP contribution is -2.44. The van der Waals surface area contributed by atoms with Crippen LogP contribution in [0.15, 0.2) is 29.6 Å². The largest absolute Gasteiger partial charge is 0.747 e. The Morgan fingerprint density at radius 1 is 1.18 bits per heavy atom. The summed E-state index contributed by atoms with van der Waals surface area (Å²) in [5.41, 5.74) is 0.557. The highest BCUT2D eigenvalue weighted by atomic mass is 32.1. The first kappa shape index (κ1) is 30.8. The first-order valence-corrected chi connectivity index (χ1v) is 13.6. The molecule has 0 fully saturated rings. The van der Waals surface area contributed by atoms with Gasteiger partial charge in [0, 0.05) is 49.8 Å². The molecule has 1 heterocycles. The minimum absolute atomic E-state index is 0.00348. The van der Waals surface area contributed by atoms with Crippen molar-refractivity contribution < 1.29 is 43.0 Å². The second kappa shape index (κ2) is 13.9. The van der Waals surface area contributed by atoms with Crippen molar-refractivity contribution >= 4 is 43.8 Å². The lowest BCUT2D eigenvalue weighted by atomic mass is 9.97. The minimum Gasteiger partial charge on any atom is -0.480 e. The Balaban J connectivity index is 2.24. The number of benzene rings is 1. The van der Waals surface area contributed by atoms with Gasteiger partial charge in [-0.2, -0.15) is 0 Å². The third-order valence-electron chi connectivity index (χ3n) is 5.85. The first-order valence-electron chi connectivity index (χ1n) is 11.6. The van der Waals surface area contributed by atoms with Crippen LogP contribution in [0.2, 0.25) is 0 Å². The highest BCUT2D eigenvalue weighted by Crippen LogP contribution is 2.30. The zero-order valence-corrected chi connectivity index (χ0v) is 23.3. The Bertz CT molecular complexity index is 1160. The smallest absolute Gasteiger partial charge is 0.480 e. The summed E-state index contributed by atoms with van der Waals surface area (Å²) in [5, 5.41) is 11.6. The molecular weight excluding hydrogens is 537 g/mol. The summed E-state index contributed by atoms with van der Waals surface area (Å²) in [6.07, 6.45) is 0.127. The molecule has 14 heteroatoms. The number of carbonyl (C=O) groups excluding carboxylic acids is 3. The number of aliphatic carboxylic acids is 1. The SMILES string of the molecule is CC(=O)O[C@H](C[C@H](C(C)C)N(C)C=O)c1nc(C(=O)N(C)[C@@H](Cc2ccc(O[P+](=O)O)cc2)C(=O)O)cs1. The number of nitrogens with zero attached hydrogens (tertiary/aromatic N) is 3. The predicted octanol–water partition coefficient (Wildman–Crippen LogP) is 3.05. The van der Waals surface area contributed by atoms with Crippen LogP contribution in [0.5, 0.6) is 5.75 Å². The van der Waals surface area contributed by atoms with E-state index in [4.69, 9.17) is 14.2 Å². The normalized spacial score (nSPS) is 13.7. The molecule has 0 aliphatic heterocycles. The summed E-state index contributed by atoms with van der Waals surface area (Å²) < 4.78 is 21.0. The molecule has 206 valence electrons. The average molecular weight is 569 g/mol. The zero-order valence-electron chi connectivity index (χ0n) is 21.6. The maximum Gasteiger partial charge on any atom is 0.747 e. The lowest BCUT2D eigenvalue weighted by molar-refractivity contribution is -0.148. The van der Waals surface area contributed by atoms with Gasteiger partial charge in [0.1, 0.15) is 16.7 Å². The molecule has 0 radical (unpaired) electrons. The van der Waals surface area contributed by atoms with Crippen LogP contribution in [0.1, 0.15) is 54.4 Å². The number of carbonyl (C=O) groups is 4. The number of aromatic nitrogens is 1. The molecule has 0 aliphatic rings. The van der Waals surface area contributed by atoms with Crippen LogP contribution in [0.4, 0.5) is 0 Å². The van der Waals surface area contributed by atoms with Crippen molar-refractivity contribution in [3.8, 4) is 5.75 Å². The molecule has 2 N–H and O–H groups in total. The molecule has 1 aromatic heterocycles. The number of carboxylic acid groups (broad SMARTS) is 1. The van der Waals surface area contributed by atoms with Crippen molar-refractivity contribution in [1.29, 1.82) is 0 Å². The van der Waals surface area contributed by atoms with Crippen molar-refractivity contribution in [3.63, 3.8) is 0 Å². The summed E-state index contributed by atoms with van der Waals surface area (Å²) >= 11 is 1.10. The maximum absolute atomic E-state index is 13.2. The first-order chi connectivity index (χ1) is 17.8. The number of hydrogen-bond donors (Lipinski definition) is 2. The summed E-state index contributed by atoms with van der Waals surface area (Å²) in [4.78, 5) is 64.0. The molecular formula is C24H31N3O9PS+. The maximum atomic E-state index is 13.2. The van der Waals surface area contributed by atoms with Gasteiger partial charge < -0.3 is 19.6 Å². The third-order valence-corrected chi connectivity index (χ3v) is 7.15. The van der Waals surface area contributed by atoms with E-state index in [1.54, 1.807) is 7.05 Å². The molecule has 2 amide bonds. The highest BCUT2D eigenvalue weighted by molar-refractivity contribution is 7.32. The van der Waals surface area contributed by atoms with Crippen LogP contribution in [-0.4, -0.2) is 75.2 Å². The molecule has 0 bridgehead atoms. The monoisotopic (exact) mass is 568 g/mol. The van der Waals surface area contributed by atoms with Crippen LogP contribution in [0.3, 0.4) is 0 Å². The Labute approximate surface area is 225 Å². The van der Waals surface area contributed by atoms with Gasteiger partial charge in [-0.3, -0.25) is 14.4 Å². The number of thiazole rings is 1. The number of esters is 1. The van der Waals surface area contributed by atoms with Crippen molar-refractivity contribution in [2.24, 2.45) is 5.92 Å². The molecule has 12 nitrogen and oxygen atoms in total. The number of rotatable bonds is 14. The summed E-state index contributed by atoms with van der Waals surface area (Å²) in [7, 11) is 0.159. The van der Waals surface area contributed by atoms with Gasteiger partial charge in [0.05, 0.1) is 0 Å². The van der Waals surface area contributed by atoms with Crippen LogP contribution in [0.25, 0.3) is 0 Å². The van der Waals surface area contributed by atoms with Crippen LogP contribution < -0.4 is 4.52 Å². The molecule has 0 saturated carbocycles. The van der Waals surface area contributed by atoms with Crippen LogP contribution >= 0.6 is 19.6 Å². The van der Waals surface area contributed by atoms with Crippen LogP contribution in [0, 0.1) is 5.92 Å². The Morgan fingerprint density at radius 3 is 2.32 bits per heavy atom. The molecule has 0 saturated heterocycles. The number of amides is 2. The third kappa shape index (κ3) is 8.57. The molecule has 2 aromatic rings. The van der Waals surface area contributed by atoms with E-state index in [1.165, 1.54) is 48.5 Å². The van der Waals surface area contributed by atoms with Gasteiger partial charge in [-0.05, 0) is 23.6 Å². The fraction of sp³-hybridized carbons (Fsp3) is 0.458. The second-order valence-corrected chi connectivity index (χ2v) is 10.5. The van der Waals surface area contributed by atoms with E-state index in [9.17, 15) is 28.8 Å². The van der Waals surface area contributed by atoms with Crippen molar-refractivity contribution in [3.05, 3.63) is 45.9 Å². The number of likely N-dealkylation sites (N-methyl/N-ethyl adjacent to an activating group) is 1. The van der Waals surface area contributed by atoms with Gasteiger partial charge in [0.15, 0.2) is 11.9 Å². The Hall–Kier alpha value is -3.41. The number of carboxylic acids is 1. The average Bonchev–Trinajstić information content (AvgIpc) is 3.34. The van der Waals surface area contributed by atoms with Crippen molar-refractivity contribution in [2.75, 3.05) is 14.1 Å². The predicted molar refractivity (Wildman–Crippen MR) is 138 cm³/mol. The Morgan fingerprint density at radius 2 is 1.82 bits per heavy atom. The Kier molecular flexibility index (Phi) is 11.3. The highest BCUT2D eigenvalue weighted by Gasteiger charge is 2.32. The van der Waals surface area contributed by atoms with E-state index in [-0.39, 0.29) is 36.2 Å².